The van der Waals surface area contributed by atoms with Crippen LogP contribution in [-0.2, 0) is 9.84 Å². The van der Waals surface area contributed by atoms with Crippen LogP contribution in [0.2, 0.25) is 0 Å². The second-order valence-corrected chi connectivity index (χ2v) is 29.1. The van der Waals surface area contributed by atoms with Gasteiger partial charge in [0.2, 0.25) is 0 Å². The molecule has 1 aromatic carbocycles. The van der Waals surface area contributed by atoms with Gasteiger partial charge in [0.15, 0.2) is 9.84 Å². The molecular formula is C59H100O7S. The summed E-state index contributed by atoms with van der Waals surface area (Å²) in [5.41, 5.74) is 0.578. The van der Waals surface area contributed by atoms with E-state index in [0.29, 0.717) is 45.3 Å². The van der Waals surface area contributed by atoms with Crippen LogP contribution in [0.15, 0.2) is 35.2 Å². The highest BCUT2D eigenvalue weighted by molar-refractivity contribution is 7.92. The van der Waals surface area contributed by atoms with Crippen LogP contribution in [0.5, 0.6) is 0 Å². The Hall–Kier alpha value is -1.03. The summed E-state index contributed by atoms with van der Waals surface area (Å²) < 4.78 is 27.8. The molecule has 8 fully saturated rings. The van der Waals surface area contributed by atoms with Crippen molar-refractivity contribution in [1.82, 2.24) is 0 Å². The van der Waals surface area contributed by atoms with Crippen LogP contribution in [0.4, 0.5) is 0 Å². The third kappa shape index (κ3) is 10.1. The quantitative estimate of drug-likeness (QED) is 0.158. The number of hydrogen-bond acceptors (Lipinski definition) is 7. The van der Waals surface area contributed by atoms with Crippen molar-refractivity contribution >= 4 is 9.84 Å². The average Bonchev–Trinajstić information content (AvgIpc) is 3.83. The van der Waals surface area contributed by atoms with Crippen molar-refractivity contribution in [2.24, 2.45) is 92.7 Å². The zero-order valence-electron chi connectivity index (χ0n) is 44.4. The van der Waals surface area contributed by atoms with Gasteiger partial charge in [0.1, 0.15) is 0 Å². The molecule has 7 nitrogen and oxygen atoms in total. The standard InChI is InChI=1S/C32H50O4S.C26H46O2.CH4O/c1-21(33)19-29(37(35,36)24-9-7-6-8-10-24)22(2)26-13-14-27-25-12-11-23-20-30(3,34)17-18-31(23,4)28(25)15-16-32(26,27)5;1-17(6-7-18(2)27)21-10-11-22-20-9-8-19-16-24(3,28)14-15-25(19,4)23(20)12-13-26(21,22)5;1-2/h6-10,21-23,25-29,33-34H,11-20H2,1-5H3;17-23,27-28H,6-16H2,1-5H3;2H,1H3/t21-,22+,23+,25+,26-,27+,28+,29?,30+,31+,32-;17-,18-,19+,20+,21-,22+,23+,24+,25+,26-;/m11./s1. The Morgan fingerprint density at radius 3 is 1.45 bits per heavy atom. The van der Waals surface area contributed by atoms with Gasteiger partial charge < -0.3 is 25.5 Å². The van der Waals surface area contributed by atoms with E-state index in [2.05, 4.69) is 48.5 Å². The molecule has 21 atom stereocenters. The van der Waals surface area contributed by atoms with Gasteiger partial charge in [-0.1, -0.05) is 59.7 Å². The molecule has 8 saturated carbocycles. The normalized spacial score (nSPS) is 46.7. The minimum atomic E-state index is -3.54. The van der Waals surface area contributed by atoms with E-state index in [0.717, 1.165) is 99.4 Å². The summed E-state index contributed by atoms with van der Waals surface area (Å²) in [6, 6.07) is 8.87. The van der Waals surface area contributed by atoms with Crippen LogP contribution in [0, 0.1) is 92.7 Å². The molecule has 0 spiro atoms. The van der Waals surface area contributed by atoms with Crippen LogP contribution in [0.25, 0.3) is 0 Å². The largest absolute Gasteiger partial charge is 0.400 e. The first kappa shape index (κ1) is 53.8. The Balaban J connectivity index is 0.000000199. The molecule has 0 bridgehead atoms. The lowest BCUT2D eigenvalue weighted by Crippen LogP contribution is -2.56. The monoisotopic (exact) mass is 953 g/mol. The van der Waals surface area contributed by atoms with Crippen LogP contribution < -0.4 is 0 Å². The van der Waals surface area contributed by atoms with E-state index in [4.69, 9.17) is 5.11 Å². The Bertz CT molecular complexity index is 1900. The lowest BCUT2D eigenvalue weighted by atomic mass is 9.43. The topological polar surface area (TPSA) is 135 Å². The van der Waals surface area contributed by atoms with Gasteiger partial charge in [-0.2, -0.15) is 0 Å². The van der Waals surface area contributed by atoms with Crippen LogP contribution in [0.1, 0.15) is 204 Å². The summed E-state index contributed by atoms with van der Waals surface area (Å²) in [6.07, 6.45) is 23.6. The number of aliphatic hydroxyl groups is 5. The lowest BCUT2D eigenvalue weighted by Gasteiger charge is -2.62. The molecule has 5 N–H and O–H groups in total. The summed E-state index contributed by atoms with van der Waals surface area (Å²) in [7, 11) is -2.54. The van der Waals surface area contributed by atoms with Crippen LogP contribution >= 0.6 is 0 Å². The summed E-state index contributed by atoms with van der Waals surface area (Å²) in [6.45, 7) is 22.7. The van der Waals surface area contributed by atoms with E-state index in [1.165, 1.54) is 83.5 Å². The highest BCUT2D eigenvalue weighted by Gasteiger charge is 2.63. The number of benzene rings is 1. The molecule has 0 aliphatic heterocycles. The van der Waals surface area contributed by atoms with Gasteiger partial charge in [-0.3, -0.25) is 0 Å². The maximum atomic E-state index is 13.9. The zero-order chi connectivity index (χ0) is 49.1. The highest BCUT2D eigenvalue weighted by Crippen LogP contribution is 2.71. The Labute approximate surface area is 409 Å². The molecule has 8 aliphatic carbocycles. The van der Waals surface area contributed by atoms with Crippen molar-refractivity contribution < 1.29 is 34.0 Å². The van der Waals surface area contributed by atoms with E-state index >= 15 is 0 Å². The van der Waals surface area contributed by atoms with Crippen molar-refractivity contribution in [3.05, 3.63) is 30.3 Å². The molecule has 384 valence electrons. The molecule has 0 aromatic heterocycles. The minimum absolute atomic E-state index is 0.00283. The van der Waals surface area contributed by atoms with Gasteiger partial charge in [-0.25, -0.2) is 8.42 Å². The number of aliphatic hydroxyl groups excluding tert-OH is 3. The average molecular weight is 954 g/mol. The number of hydrogen-bond donors (Lipinski definition) is 5. The van der Waals surface area contributed by atoms with Gasteiger partial charge in [0, 0.05) is 7.11 Å². The number of fused-ring (bicyclic) bond motifs is 10. The fourth-order valence-electron chi connectivity index (χ4n) is 19.5. The molecule has 9 rings (SSSR count). The molecular weight excluding hydrogens is 853 g/mol. The Kier molecular flexibility index (Phi) is 16.1. The SMILES string of the molecule is CO.C[C@H](C(C[C@@H](C)O)S(=O)(=O)c1ccccc1)[C@H]1CC[C@H]2[C@@H]3CC[C@H]4C[C@@](C)(O)CC[C@]4(C)[C@H]3CC[C@]12C.C[C@H](CC[C@@H](C)O)[C@H]1CC[C@H]2[C@@H]3CC[C@H]4C[C@@](C)(O)CC[C@]4(C)[C@H]3CC[C@]12C. The molecule has 0 amide bonds. The predicted octanol–water partition coefficient (Wildman–Crippen LogP) is 12.4. The second kappa shape index (κ2) is 20.1. The second-order valence-electron chi connectivity index (χ2n) is 26.9. The van der Waals surface area contributed by atoms with Gasteiger partial charge in [-0.15, -0.1) is 0 Å². The van der Waals surface area contributed by atoms with E-state index < -0.39 is 32.4 Å². The van der Waals surface area contributed by atoms with Crippen molar-refractivity contribution in [2.75, 3.05) is 7.11 Å². The predicted molar refractivity (Wildman–Crippen MR) is 273 cm³/mol. The molecule has 1 unspecified atom stereocenters. The van der Waals surface area contributed by atoms with Gasteiger partial charge in [0.05, 0.1) is 33.6 Å². The number of sulfone groups is 1. The molecule has 0 saturated heterocycles. The maximum Gasteiger partial charge on any atom is 0.181 e. The number of rotatable bonds is 10. The molecule has 8 aliphatic rings. The smallest absolute Gasteiger partial charge is 0.181 e. The van der Waals surface area contributed by atoms with Crippen molar-refractivity contribution in [3.63, 3.8) is 0 Å². The minimum Gasteiger partial charge on any atom is -0.400 e. The van der Waals surface area contributed by atoms with E-state index in [1.807, 2.05) is 19.9 Å². The van der Waals surface area contributed by atoms with Crippen LogP contribution in [-0.4, -0.2) is 69.7 Å². The van der Waals surface area contributed by atoms with Crippen molar-refractivity contribution in [2.45, 2.75) is 238 Å². The van der Waals surface area contributed by atoms with Gasteiger partial charge in [0.25, 0.3) is 0 Å². The summed E-state index contributed by atoms with van der Waals surface area (Å²) in [5.74, 6) is 8.19. The molecule has 0 heterocycles. The zero-order valence-corrected chi connectivity index (χ0v) is 45.2. The highest BCUT2D eigenvalue weighted by atomic mass is 32.2. The first-order chi connectivity index (χ1) is 31.4. The summed E-state index contributed by atoms with van der Waals surface area (Å²) in [4.78, 5) is 0.385. The van der Waals surface area contributed by atoms with Crippen molar-refractivity contribution in [3.8, 4) is 0 Å². The maximum absolute atomic E-state index is 13.9. The first-order valence-electron chi connectivity index (χ1n) is 27.9. The van der Waals surface area contributed by atoms with Crippen molar-refractivity contribution in [1.29, 1.82) is 0 Å². The molecule has 67 heavy (non-hydrogen) atoms. The molecule has 1 aromatic rings. The lowest BCUT2D eigenvalue weighted by molar-refractivity contribution is -0.148. The van der Waals surface area contributed by atoms with E-state index in [-0.39, 0.29) is 17.4 Å². The first-order valence-corrected chi connectivity index (χ1v) is 29.5. The summed E-state index contributed by atoms with van der Waals surface area (Å²) in [5, 5.41) is 48.0. The molecule has 8 heteroatoms. The van der Waals surface area contributed by atoms with Gasteiger partial charge >= 0.3 is 0 Å². The van der Waals surface area contributed by atoms with Gasteiger partial charge in [-0.05, 0) is 267 Å². The molecule has 0 radical (unpaired) electrons. The van der Waals surface area contributed by atoms with Crippen LogP contribution in [0.3, 0.4) is 0 Å². The third-order valence-electron chi connectivity index (χ3n) is 23.0. The summed E-state index contributed by atoms with van der Waals surface area (Å²) >= 11 is 0. The Morgan fingerprint density at radius 2 is 0.985 bits per heavy atom. The fourth-order valence-corrected chi connectivity index (χ4v) is 21.6. The van der Waals surface area contributed by atoms with E-state index in [1.54, 1.807) is 31.2 Å². The Morgan fingerprint density at radius 1 is 0.537 bits per heavy atom. The van der Waals surface area contributed by atoms with E-state index in [9.17, 15) is 28.8 Å². The fraction of sp³-hybridized carbons (Fsp3) is 0.898. The third-order valence-corrected chi connectivity index (χ3v) is 25.4.